The van der Waals surface area contributed by atoms with Crippen LogP contribution in [0, 0.1) is 11.8 Å². The summed E-state index contributed by atoms with van der Waals surface area (Å²) in [5.41, 5.74) is 0.0712. The highest BCUT2D eigenvalue weighted by atomic mass is 35.5. The summed E-state index contributed by atoms with van der Waals surface area (Å²) in [5.74, 6) is 0.0616. The zero-order chi connectivity index (χ0) is 17.3. The van der Waals surface area contributed by atoms with E-state index in [1.54, 1.807) is 11.4 Å². The fraction of sp³-hybridized carbons (Fsp3) is 0.375. The zero-order valence-electron chi connectivity index (χ0n) is 13.3. The lowest BCUT2D eigenvalue weighted by Gasteiger charge is -2.31. The summed E-state index contributed by atoms with van der Waals surface area (Å²) in [4.78, 5) is 16.4. The van der Waals surface area contributed by atoms with E-state index in [9.17, 15) is 18.0 Å². The molecule has 2 aromatic rings. The molecule has 0 saturated carbocycles. The van der Waals surface area contributed by atoms with Crippen LogP contribution in [0.25, 0.3) is 11.3 Å². The van der Waals surface area contributed by atoms with Crippen LogP contribution in [0.15, 0.2) is 29.6 Å². The summed E-state index contributed by atoms with van der Waals surface area (Å²) in [5, 5.41) is 7.90. The van der Waals surface area contributed by atoms with Crippen molar-refractivity contribution in [3.8, 4) is 11.3 Å². The largest absolute Gasteiger partial charge is 0.416 e. The van der Waals surface area contributed by atoms with Gasteiger partial charge in [0.05, 0.1) is 11.3 Å². The van der Waals surface area contributed by atoms with Gasteiger partial charge in [-0.2, -0.15) is 13.2 Å². The Balaban J connectivity index is 0.00000225. The molecule has 25 heavy (non-hydrogen) atoms. The molecule has 1 aromatic carbocycles. The van der Waals surface area contributed by atoms with Crippen molar-refractivity contribution in [2.75, 3.05) is 18.4 Å². The number of hydrogen-bond acceptors (Lipinski definition) is 4. The second-order valence-corrected chi connectivity index (χ2v) is 6.67. The average Bonchev–Trinajstić information content (AvgIpc) is 2.93. The number of anilines is 1. The van der Waals surface area contributed by atoms with Crippen LogP contribution in [-0.4, -0.2) is 24.0 Å². The topological polar surface area (TPSA) is 54.0 Å². The number of carbonyl (C=O) groups excluding carboxylic acids is 1. The number of nitrogens with one attached hydrogen (secondary N) is 2. The summed E-state index contributed by atoms with van der Waals surface area (Å²) in [6, 6.07) is 5.00. The number of alkyl halides is 3. The van der Waals surface area contributed by atoms with Gasteiger partial charge in [-0.3, -0.25) is 4.79 Å². The van der Waals surface area contributed by atoms with Crippen molar-refractivity contribution in [1.29, 1.82) is 0 Å². The maximum Gasteiger partial charge on any atom is 0.416 e. The number of thiazole rings is 1. The Morgan fingerprint density at radius 3 is 2.72 bits per heavy atom. The van der Waals surface area contributed by atoms with E-state index < -0.39 is 11.7 Å². The molecule has 1 unspecified atom stereocenters. The van der Waals surface area contributed by atoms with Gasteiger partial charge in [0, 0.05) is 16.9 Å². The van der Waals surface area contributed by atoms with E-state index in [4.69, 9.17) is 0 Å². The van der Waals surface area contributed by atoms with Crippen molar-refractivity contribution in [3.63, 3.8) is 0 Å². The minimum Gasteiger partial charge on any atom is -0.316 e. The summed E-state index contributed by atoms with van der Waals surface area (Å²) >= 11 is 1.20. The number of hydrogen-bond donors (Lipinski definition) is 2. The highest BCUT2D eigenvalue weighted by molar-refractivity contribution is 7.14. The summed E-state index contributed by atoms with van der Waals surface area (Å²) < 4.78 is 38.4. The van der Waals surface area contributed by atoms with Crippen molar-refractivity contribution in [1.82, 2.24) is 10.3 Å². The van der Waals surface area contributed by atoms with Crippen LogP contribution in [-0.2, 0) is 11.0 Å². The number of amides is 1. The van der Waals surface area contributed by atoms with Gasteiger partial charge in [-0.25, -0.2) is 4.98 Å². The molecule has 1 fully saturated rings. The summed E-state index contributed by atoms with van der Waals surface area (Å²) in [6.45, 7) is 3.51. The van der Waals surface area contributed by atoms with Gasteiger partial charge in [0.1, 0.15) is 0 Å². The van der Waals surface area contributed by atoms with E-state index in [0.717, 1.165) is 25.2 Å². The van der Waals surface area contributed by atoms with E-state index in [2.05, 4.69) is 15.6 Å². The monoisotopic (exact) mass is 391 g/mol. The van der Waals surface area contributed by atoms with Crippen molar-refractivity contribution >= 4 is 34.8 Å². The summed E-state index contributed by atoms with van der Waals surface area (Å²) in [7, 11) is 0. The molecule has 2 heterocycles. The van der Waals surface area contributed by atoms with Crippen LogP contribution in [0.3, 0.4) is 0 Å². The maximum absolute atomic E-state index is 12.8. The molecule has 1 aliphatic heterocycles. The third-order valence-electron chi connectivity index (χ3n) is 4.15. The van der Waals surface area contributed by atoms with Crippen LogP contribution in [0.1, 0.15) is 12.5 Å². The minimum atomic E-state index is -4.39. The van der Waals surface area contributed by atoms with Crippen molar-refractivity contribution in [2.24, 2.45) is 11.8 Å². The van der Waals surface area contributed by atoms with E-state index in [0.29, 0.717) is 22.3 Å². The molecular formula is C16H17ClF3N3OS. The fourth-order valence-electron chi connectivity index (χ4n) is 2.42. The number of nitrogens with zero attached hydrogens (tertiary/aromatic N) is 1. The third kappa shape index (κ3) is 4.50. The smallest absolute Gasteiger partial charge is 0.316 e. The molecule has 136 valence electrons. The maximum atomic E-state index is 12.8. The van der Waals surface area contributed by atoms with E-state index in [-0.39, 0.29) is 24.2 Å². The standard InChI is InChI=1S/C16H16F3N3OS.ClH/c1-9(11-6-20-7-11)14(23)22-15-21-13(8-24-15)10-3-2-4-12(5-10)16(17,18)19;/h2-5,8-9,11,20H,6-7H2,1H3,(H,21,22,23);1H. The molecule has 1 aromatic heterocycles. The molecular weight excluding hydrogens is 375 g/mol. The molecule has 0 radical (unpaired) electrons. The first kappa shape index (κ1) is 19.7. The second kappa shape index (κ2) is 7.72. The molecule has 1 aliphatic rings. The van der Waals surface area contributed by atoms with Crippen molar-refractivity contribution in [2.45, 2.75) is 13.1 Å². The number of benzene rings is 1. The molecule has 1 saturated heterocycles. The lowest BCUT2D eigenvalue weighted by atomic mass is 9.88. The molecule has 4 nitrogen and oxygen atoms in total. The lowest BCUT2D eigenvalue weighted by molar-refractivity contribution is -0.137. The fourth-order valence-corrected chi connectivity index (χ4v) is 3.14. The Hall–Kier alpha value is -1.64. The average molecular weight is 392 g/mol. The Morgan fingerprint density at radius 2 is 2.12 bits per heavy atom. The molecule has 0 aliphatic carbocycles. The zero-order valence-corrected chi connectivity index (χ0v) is 14.9. The van der Waals surface area contributed by atoms with Crippen LogP contribution in [0.5, 0.6) is 0 Å². The van der Waals surface area contributed by atoms with Crippen LogP contribution in [0.4, 0.5) is 18.3 Å². The van der Waals surface area contributed by atoms with Gasteiger partial charge < -0.3 is 10.6 Å². The first-order valence-electron chi connectivity index (χ1n) is 7.49. The summed E-state index contributed by atoms with van der Waals surface area (Å²) in [6.07, 6.45) is -4.39. The molecule has 1 amide bonds. The Morgan fingerprint density at radius 1 is 1.40 bits per heavy atom. The number of halogens is 4. The molecule has 3 rings (SSSR count). The highest BCUT2D eigenvalue weighted by Crippen LogP contribution is 2.33. The highest BCUT2D eigenvalue weighted by Gasteiger charge is 2.31. The quantitative estimate of drug-likeness (QED) is 0.826. The second-order valence-electron chi connectivity index (χ2n) is 5.81. The Kier molecular flexibility index (Phi) is 6.08. The number of rotatable bonds is 4. The Labute approximate surface area is 153 Å². The van der Waals surface area contributed by atoms with Gasteiger partial charge in [-0.05, 0) is 31.1 Å². The van der Waals surface area contributed by atoms with Gasteiger partial charge in [-0.15, -0.1) is 23.7 Å². The lowest BCUT2D eigenvalue weighted by Crippen LogP contribution is -2.48. The molecule has 2 N–H and O–H groups in total. The van der Waals surface area contributed by atoms with Gasteiger partial charge in [0.25, 0.3) is 0 Å². The van der Waals surface area contributed by atoms with E-state index in [1.807, 2.05) is 6.92 Å². The van der Waals surface area contributed by atoms with Crippen molar-refractivity contribution < 1.29 is 18.0 Å². The molecule has 0 bridgehead atoms. The predicted octanol–water partition coefficient (Wildman–Crippen LogP) is 4.04. The molecule has 0 spiro atoms. The SMILES string of the molecule is CC(C(=O)Nc1nc(-c2cccc(C(F)(F)F)c2)cs1)C1CNC1.Cl. The Bertz CT molecular complexity index is 746. The van der Waals surface area contributed by atoms with Crippen LogP contribution >= 0.6 is 23.7 Å². The van der Waals surface area contributed by atoms with E-state index >= 15 is 0 Å². The predicted molar refractivity (Wildman–Crippen MR) is 94.0 cm³/mol. The van der Waals surface area contributed by atoms with E-state index in [1.165, 1.54) is 17.4 Å². The number of aromatic nitrogens is 1. The third-order valence-corrected chi connectivity index (χ3v) is 4.91. The van der Waals surface area contributed by atoms with Gasteiger partial charge in [-0.1, -0.05) is 19.1 Å². The first-order chi connectivity index (χ1) is 11.3. The minimum absolute atomic E-state index is 0. The molecule has 1 atom stereocenters. The number of carbonyl (C=O) groups is 1. The normalized spacial score (nSPS) is 15.8. The first-order valence-corrected chi connectivity index (χ1v) is 8.37. The molecule has 9 heteroatoms. The van der Waals surface area contributed by atoms with Gasteiger partial charge in [0.2, 0.25) is 5.91 Å². The van der Waals surface area contributed by atoms with Gasteiger partial charge >= 0.3 is 6.18 Å². The van der Waals surface area contributed by atoms with Crippen LogP contribution in [0.2, 0.25) is 0 Å². The van der Waals surface area contributed by atoms with Gasteiger partial charge in [0.15, 0.2) is 5.13 Å². The van der Waals surface area contributed by atoms with Crippen molar-refractivity contribution in [3.05, 3.63) is 35.2 Å². The van der Waals surface area contributed by atoms with Crippen LogP contribution < -0.4 is 10.6 Å².